The Labute approximate surface area is 180 Å². The van der Waals surface area contributed by atoms with E-state index >= 15 is 0 Å². The largest absolute Gasteiger partial charge is 0.346 e. The van der Waals surface area contributed by atoms with Crippen LogP contribution in [0.5, 0.6) is 0 Å². The molecule has 0 aliphatic rings. The van der Waals surface area contributed by atoms with Crippen molar-refractivity contribution in [2.45, 2.75) is 33.4 Å². The summed E-state index contributed by atoms with van der Waals surface area (Å²) < 4.78 is 1.32. The lowest BCUT2D eigenvalue weighted by Gasteiger charge is -2.16. The van der Waals surface area contributed by atoms with Crippen molar-refractivity contribution in [3.8, 4) is 0 Å². The van der Waals surface area contributed by atoms with E-state index in [-0.39, 0.29) is 24.2 Å². The molecule has 0 aliphatic heterocycles. The van der Waals surface area contributed by atoms with Crippen LogP contribution in [0, 0.1) is 13.8 Å². The van der Waals surface area contributed by atoms with Gasteiger partial charge in [0.1, 0.15) is 12.2 Å². The van der Waals surface area contributed by atoms with Gasteiger partial charge in [0.15, 0.2) is 0 Å². The summed E-state index contributed by atoms with van der Waals surface area (Å²) in [6.45, 7) is 5.33. The number of hydrogen-bond acceptors (Lipinski definition) is 4. The number of carbonyl (C=O) groups is 2. The number of nitrogens with zero attached hydrogens (tertiary/aromatic N) is 2. The average Bonchev–Trinajstić information content (AvgIpc) is 2.75. The highest BCUT2D eigenvalue weighted by Gasteiger charge is 2.15. The fourth-order valence-electron chi connectivity index (χ4n) is 3.02. The van der Waals surface area contributed by atoms with E-state index in [1.807, 2.05) is 38.1 Å². The highest BCUT2D eigenvalue weighted by atomic mass is 16.2. The van der Waals surface area contributed by atoms with Crippen LogP contribution in [0.3, 0.4) is 0 Å². The van der Waals surface area contributed by atoms with Crippen LogP contribution >= 0.6 is 0 Å². The first-order valence-corrected chi connectivity index (χ1v) is 9.89. The van der Waals surface area contributed by atoms with Crippen LogP contribution in [0.2, 0.25) is 0 Å². The Kier molecular flexibility index (Phi) is 6.81. The zero-order valence-corrected chi connectivity index (χ0v) is 17.7. The van der Waals surface area contributed by atoms with Gasteiger partial charge in [-0.3, -0.25) is 14.6 Å². The molecule has 8 nitrogen and oxygen atoms in total. The van der Waals surface area contributed by atoms with E-state index in [1.54, 1.807) is 37.4 Å². The number of urea groups is 1. The van der Waals surface area contributed by atoms with Gasteiger partial charge in [0.05, 0.1) is 11.7 Å². The molecule has 2 heterocycles. The van der Waals surface area contributed by atoms with Gasteiger partial charge < -0.3 is 20.5 Å². The summed E-state index contributed by atoms with van der Waals surface area (Å²) in [6, 6.07) is 15.1. The maximum atomic E-state index is 12.8. The summed E-state index contributed by atoms with van der Waals surface area (Å²) in [4.78, 5) is 41.9. The number of carbonyl (C=O) groups excluding carboxylic acids is 2. The third-order valence-electron chi connectivity index (χ3n) is 4.76. The van der Waals surface area contributed by atoms with Crippen molar-refractivity contribution in [2.75, 3.05) is 10.6 Å². The number of anilines is 2. The number of hydrogen-bond donors (Lipinski definition) is 3. The fourth-order valence-corrected chi connectivity index (χ4v) is 3.02. The van der Waals surface area contributed by atoms with Crippen molar-refractivity contribution < 1.29 is 9.59 Å². The molecule has 0 saturated carbocycles. The average molecular weight is 419 g/mol. The zero-order valence-electron chi connectivity index (χ0n) is 17.7. The van der Waals surface area contributed by atoms with Gasteiger partial charge in [0.2, 0.25) is 5.91 Å². The highest BCUT2D eigenvalue weighted by molar-refractivity contribution is 5.99. The van der Waals surface area contributed by atoms with Crippen molar-refractivity contribution in [2.24, 2.45) is 0 Å². The Morgan fingerprint density at radius 2 is 1.74 bits per heavy atom. The smallest absolute Gasteiger partial charge is 0.323 e. The molecule has 8 heteroatoms. The van der Waals surface area contributed by atoms with Gasteiger partial charge in [-0.25, -0.2) is 4.79 Å². The maximum Gasteiger partial charge on any atom is 0.323 e. The molecular weight excluding hydrogens is 394 g/mol. The lowest BCUT2D eigenvalue weighted by atomic mass is 10.2. The molecule has 3 N–H and O–H groups in total. The molecule has 2 aromatic heterocycles. The van der Waals surface area contributed by atoms with E-state index in [4.69, 9.17) is 0 Å². The molecule has 160 valence electrons. The number of aromatic nitrogens is 2. The van der Waals surface area contributed by atoms with Crippen molar-refractivity contribution in [3.63, 3.8) is 0 Å². The lowest BCUT2D eigenvalue weighted by molar-refractivity contribution is -0.122. The quantitative estimate of drug-likeness (QED) is 0.570. The third-order valence-corrected chi connectivity index (χ3v) is 4.76. The van der Waals surface area contributed by atoms with Gasteiger partial charge >= 0.3 is 6.03 Å². The number of aryl methyl sites for hydroxylation is 2. The SMILES string of the molecule is Cc1ccc(NC(=O)Nc2ccc(C)n(CC(=O)NC(C)c3ccccn3)c2=O)cc1. The molecule has 31 heavy (non-hydrogen) atoms. The predicted molar refractivity (Wildman–Crippen MR) is 120 cm³/mol. The lowest BCUT2D eigenvalue weighted by Crippen LogP contribution is -2.36. The predicted octanol–water partition coefficient (Wildman–Crippen LogP) is 3.38. The van der Waals surface area contributed by atoms with Crippen LogP contribution in [0.1, 0.15) is 29.9 Å². The van der Waals surface area contributed by atoms with Crippen LogP contribution < -0.4 is 21.5 Å². The molecule has 0 spiro atoms. The molecule has 0 bridgehead atoms. The summed E-state index contributed by atoms with van der Waals surface area (Å²) in [5.41, 5.74) is 2.64. The molecule has 3 rings (SSSR count). The van der Waals surface area contributed by atoms with Crippen LogP contribution in [0.15, 0.2) is 65.6 Å². The normalized spacial score (nSPS) is 11.5. The standard InChI is InChI=1S/C23H25N5O3/c1-15-7-10-18(11-8-15)26-23(31)27-20-12-9-16(2)28(22(20)30)14-21(29)25-17(3)19-6-4-5-13-24-19/h4-13,17H,14H2,1-3H3,(H,25,29)(H2,26,27,31). The van der Waals surface area contributed by atoms with Crippen LogP contribution in [-0.4, -0.2) is 21.5 Å². The first kappa shape index (κ1) is 21.8. The van der Waals surface area contributed by atoms with Gasteiger partial charge in [0, 0.05) is 17.6 Å². The minimum atomic E-state index is -0.537. The summed E-state index contributed by atoms with van der Waals surface area (Å²) in [7, 11) is 0. The zero-order chi connectivity index (χ0) is 22.4. The van der Waals surface area contributed by atoms with Crippen molar-refractivity contribution in [1.82, 2.24) is 14.9 Å². The maximum absolute atomic E-state index is 12.8. The van der Waals surface area contributed by atoms with Gasteiger partial charge in [-0.15, -0.1) is 0 Å². The molecular formula is C23H25N5O3. The first-order valence-electron chi connectivity index (χ1n) is 9.89. The molecule has 1 atom stereocenters. The molecule has 0 saturated heterocycles. The first-order chi connectivity index (χ1) is 14.8. The van der Waals surface area contributed by atoms with Crippen LogP contribution in [0.25, 0.3) is 0 Å². The van der Waals surface area contributed by atoms with E-state index in [1.165, 1.54) is 10.6 Å². The van der Waals surface area contributed by atoms with Crippen LogP contribution in [0.4, 0.5) is 16.2 Å². The summed E-state index contributed by atoms with van der Waals surface area (Å²) in [5, 5.41) is 8.07. The van der Waals surface area contributed by atoms with Gasteiger partial charge in [-0.05, 0) is 57.2 Å². The highest BCUT2D eigenvalue weighted by Crippen LogP contribution is 2.11. The molecule has 1 unspecified atom stereocenters. The molecule has 1 aromatic carbocycles. The van der Waals surface area contributed by atoms with Gasteiger partial charge in [0.25, 0.3) is 5.56 Å². The van der Waals surface area contributed by atoms with E-state index in [0.29, 0.717) is 11.4 Å². The van der Waals surface area contributed by atoms with Crippen molar-refractivity contribution in [3.05, 3.63) is 88.1 Å². The van der Waals surface area contributed by atoms with Gasteiger partial charge in [-0.2, -0.15) is 0 Å². The Morgan fingerprint density at radius 3 is 2.42 bits per heavy atom. The van der Waals surface area contributed by atoms with E-state index in [0.717, 1.165) is 11.3 Å². The van der Waals surface area contributed by atoms with Gasteiger partial charge in [-0.1, -0.05) is 23.8 Å². The number of rotatable bonds is 6. The van der Waals surface area contributed by atoms with E-state index < -0.39 is 11.6 Å². The second-order valence-corrected chi connectivity index (χ2v) is 7.27. The second-order valence-electron chi connectivity index (χ2n) is 7.27. The Hall–Kier alpha value is -3.94. The second kappa shape index (κ2) is 9.71. The third kappa shape index (κ3) is 5.79. The van der Waals surface area contributed by atoms with E-state index in [2.05, 4.69) is 20.9 Å². The molecule has 0 radical (unpaired) electrons. The topological polar surface area (TPSA) is 105 Å². The summed E-state index contributed by atoms with van der Waals surface area (Å²) >= 11 is 0. The fraction of sp³-hybridized carbons (Fsp3) is 0.217. The Balaban J connectivity index is 1.68. The monoisotopic (exact) mass is 419 g/mol. The molecule has 0 aliphatic carbocycles. The Bertz CT molecular complexity index is 1120. The minimum Gasteiger partial charge on any atom is -0.346 e. The minimum absolute atomic E-state index is 0.0841. The number of pyridine rings is 2. The van der Waals surface area contributed by atoms with E-state index in [9.17, 15) is 14.4 Å². The summed E-state index contributed by atoms with van der Waals surface area (Å²) in [6.07, 6.45) is 1.66. The summed E-state index contributed by atoms with van der Waals surface area (Å²) in [5.74, 6) is -0.329. The number of benzene rings is 1. The van der Waals surface area contributed by atoms with Crippen molar-refractivity contribution in [1.29, 1.82) is 0 Å². The van der Waals surface area contributed by atoms with Crippen LogP contribution in [-0.2, 0) is 11.3 Å². The number of amides is 3. The molecule has 3 aromatic rings. The van der Waals surface area contributed by atoms with Crippen molar-refractivity contribution >= 4 is 23.3 Å². The molecule has 3 amide bonds. The Morgan fingerprint density at radius 1 is 1.00 bits per heavy atom. The number of nitrogens with one attached hydrogen (secondary N) is 3. The molecule has 0 fully saturated rings.